The van der Waals surface area contributed by atoms with Gasteiger partial charge in [0.05, 0.1) is 17.4 Å². The van der Waals surface area contributed by atoms with Gasteiger partial charge in [-0.05, 0) is 37.4 Å². The summed E-state index contributed by atoms with van der Waals surface area (Å²) >= 11 is 5.71. The van der Waals surface area contributed by atoms with Crippen LogP contribution in [0, 0.1) is 0 Å². The first-order chi connectivity index (χ1) is 7.61. The van der Waals surface area contributed by atoms with Gasteiger partial charge in [-0.15, -0.1) is 0 Å². The quantitative estimate of drug-likeness (QED) is 0.886. The van der Waals surface area contributed by atoms with Crippen molar-refractivity contribution < 1.29 is 13.9 Å². The summed E-state index contributed by atoms with van der Waals surface area (Å²) < 4.78 is 10.4. The molecule has 1 aliphatic rings. The van der Waals surface area contributed by atoms with E-state index < -0.39 is 0 Å². The minimum Gasteiger partial charge on any atom is -0.452 e. The summed E-state index contributed by atoms with van der Waals surface area (Å²) in [5, 5.41) is 2.92. The molecule has 0 saturated carbocycles. The topological polar surface area (TPSA) is 51.5 Å². The van der Waals surface area contributed by atoms with Crippen LogP contribution >= 0.6 is 11.6 Å². The predicted octanol–water partition coefficient (Wildman–Crippen LogP) is 2.23. The molecule has 88 valence electrons. The largest absolute Gasteiger partial charge is 0.452 e. The number of carbonyl (C=O) groups is 1. The first kappa shape index (κ1) is 11.5. The number of furan rings is 1. The number of rotatable bonds is 3. The maximum Gasteiger partial charge on any atom is 0.256 e. The van der Waals surface area contributed by atoms with Crippen molar-refractivity contribution in [1.82, 2.24) is 5.32 Å². The van der Waals surface area contributed by atoms with Crippen molar-refractivity contribution >= 4 is 17.5 Å². The van der Waals surface area contributed by atoms with Gasteiger partial charge >= 0.3 is 0 Å². The standard InChI is InChI=1S/C11H14ClNO3/c1-11(4-2-5-16-11)7-13-10(14)8-3-6-15-9(8)12/h3,6H,2,4-5,7H2,1H3,(H,13,14). The number of hydrogen-bond donors (Lipinski definition) is 1. The number of ether oxygens (including phenoxy) is 1. The van der Waals surface area contributed by atoms with Gasteiger partial charge in [0.2, 0.25) is 5.22 Å². The van der Waals surface area contributed by atoms with E-state index in [1.165, 1.54) is 6.26 Å². The van der Waals surface area contributed by atoms with E-state index in [4.69, 9.17) is 20.8 Å². The van der Waals surface area contributed by atoms with Gasteiger partial charge in [-0.25, -0.2) is 0 Å². The number of halogens is 1. The molecule has 1 fully saturated rings. The van der Waals surface area contributed by atoms with Crippen molar-refractivity contribution in [2.24, 2.45) is 0 Å². The molecule has 1 aromatic heterocycles. The van der Waals surface area contributed by atoms with Crippen molar-refractivity contribution in [2.45, 2.75) is 25.4 Å². The molecule has 0 aromatic carbocycles. The van der Waals surface area contributed by atoms with Gasteiger partial charge < -0.3 is 14.5 Å². The van der Waals surface area contributed by atoms with Crippen LogP contribution in [0.15, 0.2) is 16.7 Å². The Bertz CT molecular complexity index is 382. The average Bonchev–Trinajstić information content (AvgIpc) is 2.85. The Morgan fingerprint density at radius 2 is 2.50 bits per heavy atom. The molecule has 5 heteroatoms. The highest BCUT2D eigenvalue weighted by Crippen LogP contribution is 2.24. The zero-order valence-electron chi connectivity index (χ0n) is 9.09. The van der Waals surface area contributed by atoms with Crippen molar-refractivity contribution in [2.75, 3.05) is 13.2 Å². The van der Waals surface area contributed by atoms with Crippen molar-refractivity contribution in [3.05, 3.63) is 23.1 Å². The summed E-state index contributed by atoms with van der Waals surface area (Å²) in [7, 11) is 0. The number of carbonyl (C=O) groups excluding carboxylic acids is 1. The number of amides is 1. The molecule has 1 N–H and O–H groups in total. The summed E-state index contributed by atoms with van der Waals surface area (Å²) in [6.07, 6.45) is 3.40. The summed E-state index contributed by atoms with van der Waals surface area (Å²) in [6, 6.07) is 1.55. The molecule has 16 heavy (non-hydrogen) atoms. The highest BCUT2D eigenvalue weighted by Gasteiger charge is 2.30. The second kappa shape index (κ2) is 4.47. The fraction of sp³-hybridized carbons (Fsp3) is 0.545. The highest BCUT2D eigenvalue weighted by molar-refractivity contribution is 6.32. The van der Waals surface area contributed by atoms with E-state index in [0.717, 1.165) is 19.4 Å². The maximum absolute atomic E-state index is 11.7. The van der Waals surface area contributed by atoms with E-state index >= 15 is 0 Å². The maximum atomic E-state index is 11.7. The molecule has 2 rings (SSSR count). The molecule has 2 heterocycles. The van der Waals surface area contributed by atoms with Gasteiger partial charge in [0.15, 0.2) is 0 Å². The van der Waals surface area contributed by atoms with E-state index in [-0.39, 0.29) is 16.7 Å². The van der Waals surface area contributed by atoms with Crippen LogP contribution < -0.4 is 5.32 Å². The summed E-state index contributed by atoms with van der Waals surface area (Å²) in [5.41, 5.74) is 0.120. The Labute approximate surface area is 98.9 Å². The molecular formula is C11H14ClNO3. The van der Waals surface area contributed by atoms with E-state index in [1.54, 1.807) is 6.07 Å². The van der Waals surface area contributed by atoms with Crippen LogP contribution in [-0.4, -0.2) is 24.7 Å². The fourth-order valence-electron chi connectivity index (χ4n) is 1.79. The first-order valence-corrected chi connectivity index (χ1v) is 5.64. The van der Waals surface area contributed by atoms with E-state index in [1.807, 2.05) is 6.92 Å². The molecule has 1 aliphatic heterocycles. The van der Waals surface area contributed by atoms with E-state index in [2.05, 4.69) is 5.32 Å². The van der Waals surface area contributed by atoms with Crippen LogP contribution in [0.1, 0.15) is 30.1 Å². The number of nitrogens with one attached hydrogen (secondary N) is 1. The Balaban J connectivity index is 1.91. The second-order valence-corrected chi connectivity index (χ2v) is 4.54. The lowest BCUT2D eigenvalue weighted by atomic mass is 10.0. The van der Waals surface area contributed by atoms with Gasteiger partial charge in [-0.3, -0.25) is 4.79 Å². The van der Waals surface area contributed by atoms with Gasteiger partial charge in [0.1, 0.15) is 0 Å². The minimum atomic E-state index is -0.244. The van der Waals surface area contributed by atoms with E-state index in [0.29, 0.717) is 12.1 Å². The molecule has 1 aromatic rings. The van der Waals surface area contributed by atoms with Crippen LogP contribution in [0.4, 0.5) is 0 Å². The van der Waals surface area contributed by atoms with Crippen LogP contribution in [0.2, 0.25) is 5.22 Å². The normalized spacial score (nSPS) is 24.6. The minimum absolute atomic E-state index is 0.120. The fourth-order valence-corrected chi connectivity index (χ4v) is 1.99. The van der Waals surface area contributed by atoms with Gasteiger partial charge in [-0.2, -0.15) is 0 Å². The summed E-state index contributed by atoms with van der Waals surface area (Å²) in [6.45, 7) is 3.25. The summed E-state index contributed by atoms with van der Waals surface area (Å²) in [4.78, 5) is 11.7. The molecule has 1 amide bonds. The Morgan fingerprint density at radius 1 is 1.69 bits per heavy atom. The molecule has 0 aliphatic carbocycles. The SMILES string of the molecule is CC1(CNC(=O)c2ccoc2Cl)CCCO1. The third kappa shape index (κ3) is 2.39. The molecule has 0 bridgehead atoms. The molecule has 0 radical (unpaired) electrons. The lowest BCUT2D eigenvalue weighted by molar-refractivity contribution is 0.0206. The van der Waals surface area contributed by atoms with Crippen molar-refractivity contribution in [1.29, 1.82) is 0 Å². The second-order valence-electron chi connectivity index (χ2n) is 4.19. The smallest absolute Gasteiger partial charge is 0.256 e. The third-order valence-corrected chi connectivity index (χ3v) is 3.08. The van der Waals surface area contributed by atoms with Crippen LogP contribution in [0.5, 0.6) is 0 Å². The predicted molar refractivity (Wildman–Crippen MR) is 59.6 cm³/mol. The molecule has 1 unspecified atom stereocenters. The zero-order chi connectivity index (χ0) is 11.6. The van der Waals surface area contributed by atoms with Gasteiger partial charge in [-0.1, -0.05) is 0 Å². The molecule has 1 saturated heterocycles. The Kier molecular flexibility index (Phi) is 3.21. The molecule has 4 nitrogen and oxygen atoms in total. The third-order valence-electron chi connectivity index (χ3n) is 2.79. The van der Waals surface area contributed by atoms with Crippen molar-refractivity contribution in [3.63, 3.8) is 0 Å². The van der Waals surface area contributed by atoms with Gasteiger partial charge in [0, 0.05) is 13.2 Å². The van der Waals surface area contributed by atoms with Crippen molar-refractivity contribution in [3.8, 4) is 0 Å². The first-order valence-electron chi connectivity index (χ1n) is 5.26. The van der Waals surface area contributed by atoms with Crippen LogP contribution in [0.25, 0.3) is 0 Å². The molecule has 0 spiro atoms. The summed E-state index contributed by atoms with van der Waals surface area (Å²) in [5.74, 6) is -0.226. The monoisotopic (exact) mass is 243 g/mol. The van der Waals surface area contributed by atoms with E-state index in [9.17, 15) is 4.79 Å². The molecular weight excluding hydrogens is 230 g/mol. The van der Waals surface area contributed by atoms with Crippen LogP contribution in [-0.2, 0) is 4.74 Å². The Hall–Kier alpha value is -1.00. The average molecular weight is 244 g/mol. The number of hydrogen-bond acceptors (Lipinski definition) is 3. The highest BCUT2D eigenvalue weighted by atomic mass is 35.5. The lowest BCUT2D eigenvalue weighted by Gasteiger charge is -2.23. The van der Waals surface area contributed by atoms with Crippen LogP contribution in [0.3, 0.4) is 0 Å². The molecule has 1 atom stereocenters. The van der Waals surface area contributed by atoms with Gasteiger partial charge in [0.25, 0.3) is 5.91 Å². The zero-order valence-corrected chi connectivity index (χ0v) is 9.84. The Morgan fingerprint density at radius 3 is 3.06 bits per heavy atom. The lowest BCUT2D eigenvalue weighted by Crippen LogP contribution is -2.40.